The van der Waals surface area contributed by atoms with Gasteiger partial charge >= 0.3 is 0 Å². The Bertz CT molecular complexity index is 1060. The highest BCUT2D eigenvalue weighted by Crippen LogP contribution is 2.33. The van der Waals surface area contributed by atoms with Crippen molar-refractivity contribution >= 4 is 11.6 Å². The van der Waals surface area contributed by atoms with Crippen LogP contribution in [0.25, 0.3) is 5.69 Å². The van der Waals surface area contributed by atoms with E-state index in [1.54, 1.807) is 20.3 Å². The van der Waals surface area contributed by atoms with Crippen molar-refractivity contribution in [3.8, 4) is 17.2 Å². The maximum absolute atomic E-state index is 13.3. The lowest BCUT2D eigenvalue weighted by atomic mass is 10.1. The van der Waals surface area contributed by atoms with Crippen LogP contribution in [0.2, 0.25) is 0 Å². The molecule has 0 fully saturated rings. The summed E-state index contributed by atoms with van der Waals surface area (Å²) >= 11 is 0. The van der Waals surface area contributed by atoms with Gasteiger partial charge in [-0.05, 0) is 56.4 Å². The van der Waals surface area contributed by atoms with Gasteiger partial charge in [0.1, 0.15) is 0 Å². The fourth-order valence-electron chi connectivity index (χ4n) is 4.04. The van der Waals surface area contributed by atoms with Crippen LogP contribution in [0.3, 0.4) is 0 Å². The summed E-state index contributed by atoms with van der Waals surface area (Å²) in [6.45, 7) is 1.93. The Morgan fingerprint density at radius 2 is 1.70 bits per heavy atom. The van der Waals surface area contributed by atoms with E-state index in [9.17, 15) is 4.79 Å². The van der Waals surface area contributed by atoms with Crippen LogP contribution in [-0.2, 0) is 12.8 Å². The Morgan fingerprint density at radius 1 is 1.00 bits per heavy atom. The molecule has 0 aliphatic heterocycles. The smallest absolute Gasteiger partial charge is 0.276 e. The van der Waals surface area contributed by atoms with E-state index in [0.29, 0.717) is 22.9 Å². The number of methoxy groups -OCH3 is 2. The molecule has 0 spiro atoms. The van der Waals surface area contributed by atoms with E-state index in [-0.39, 0.29) is 5.91 Å². The monoisotopic (exact) mass is 405 g/mol. The van der Waals surface area contributed by atoms with Crippen molar-refractivity contribution in [3.05, 3.63) is 65.0 Å². The molecule has 0 bridgehead atoms. The number of anilines is 1. The van der Waals surface area contributed by atoms with Gasteiger partial charge in [-0.25, -0.2) is 4.68 Å². The van der Waals surface area contributed by atoms with E-state index in [2.05, 4.69) is 5.32 Å². The summed E-state index contributed by atoms with van der Waals surface area (Å²) in [5.74, 6) is 1.01. The molecule has 2 aromatic carbocycles. The SMILES string of the molecule is COc1cc(C)c(NC(=O)c2nn(-c3ccccc3)c3c2CCCCC3)cc1OC. The quantitative estimate of drug-likeness (QED) is 0.624. The molecular formula is C24H27N3O3. The van der Waals surface area contributed by atoms with E-state index in [0.717, 1.165) is 48.2 Å². The first-order valence-electron chi connectivity index (χ1n) is 10.3. The second kappa shape index (κ2) is 8.61. The molecule has 4 rings (SSSR count). The number of rotatable bonds is 5. The number of carbonyl (C=O) groups excluding carboxylic acids is 1. The number of carbonyl (C=O) groups is 1. The van der Waals surface area contributed by atoms with E-state index < -0.39 is 0 Å². The molecule has 0 unspecified atom stereocenters. The number of nitrogens with zero attached hydrogens (tertiary/aromatic N) is 2. The first-order valence-corrected chi connectivity index (χ1v) is 10.3. The topological polar surface area (TPSA) is 65.4 Å². The molecule has 1 N–H and O–H groups in total. The number of aromatic nitrogens is 2. The summed E-state index contributed by atoms with van der Waals surface area (Å²) in [5.41, 5.74) is 5.28. The zero-order chi connectivity index (χ0) is 21.1. The zero-order valence-electron chi connectivity index (χ0n) is 17.7. The van der Waals surface area contributed by atoms with Gasteiger partial charge in [-0.2, -0.15) is 5.10 Å². The van der Waals surface area contributed by atoms with Crippen LogP contribution < -0.4 is 14.8 Å². The zero-order valence-corrected chi connectivity index (χ0v) is 17.7. The summed E-state index contributed by atoms with van der Waals surface area (Å²) in [6, 6.07) is 13.7. The number of aryl methyl sites for hydroxylation is 1. The van der Waals surface area contributed by atoms with Crippen molar-refractivity contribution in [2.75, 3.05) is 19.5 Å². The summed E-state index contributed by atoms with van der Waals surface area (Å²) in [5, 5.41) is 7.79. The first kappa shape index (κ1) is 20.0. The molecule has 1 heterocycles. The highest BCUT2D eigenvalue weighted by Gasteiger charge is 2.25. The van der Waals surface area contributed by atoms with Gasteiger partial charge in [0.2, 0.25) is 0 Å². The summed E-state index contributed by atoms with van der Waals surface area (Å²) in [6.07, 6.45) is 5.15. The van der Waals surface area contributed by atoms with Crippen molar-refractivity contribution < 1.29 is 14.3 Å². The van der Waals surface area contributed by atoms with Crippen LogP contribution in [0, 0.1) is 6.92 Å². The minimum Gasteiger partial charge on any atom is -0.493 e. The van der Waals surface area contributed by atoms with Crippen molar-refractivity contribution in [3.63, 3.8) is 0 Å². The Hall–Kier alpha value is -3.28. The van der Waals surface area contributed by atoms with Gasteiger partial charge in [0.15, 0.2) is 17.2 Å². The van der Waals surface area contributed by atoms with Crippen LogP contribution in [-0.4, -0.2) is 29.9 Å². The average Bonchev–Trinajstić information content (AvgIpc) is 2.96. The van der Waals surface area contributed by atoms with Gasteiger partial charge in [-0.3, -0.25) is 4.79 Å². The average molecular weight is 405 g/mol. The predicted octanol–water partition coefficient (Wildman–Crippen LogP) is 4.72. The molecule has 0 atom stereocenters. The van der Waals surface area contributed by atoms with Crippen molar-refractivity contribution in [2.45, 2.75) is 39.0 Å². The highest BCUT2D eigenvalue weighted by atomic mass is 16.5. The normalized spacial score (nSPS) is 13.3. The third-order valence-corrected chi connectivity index (χ3v) is 5.62. The van der Waals surface area contributed by atoms with Gasteiger partial charge < -0.3 is 14.8 Å². The molecule has 30 heavy (non-hydrogen) atoms. The number of benzene rings is 2. The fraction of sp³-hybridized carbons (Fsp3) is 0.333. The number of amides is 1. The Balaban J connectivity index is 1.72. The van der Waals surface area contributed by atoms with Gasteiger partial charge in [0.05, 0.1) is 19.9 Å². The molecule has 1 aliphatic carbocycles. The van der Waals surface area contributed by atoms with Crippen LogP contribution in [0.5, 0.6) is 11.5 Å². The maximum Gasteiger partial charge on any atom is 0.276 e. The summed E-state index contributed by atoms with van der Waals surface area (Å²) in [4.78, 5) is 13.3. The molecule has 6 nitrogen and oxygen atoms in total. The number of nitrogens with one attached hydrogen (secondary N) is 1. The van der Waals surface area contributed by atoms with Crippen molar-refractivity contribution in [1.29, 1.82) is 0 Å². The summed E-state index contributed by atoms with van der Waals surface area (Å²) in [7, 11) is 3.18. The Morgan fingerprint density at radius 3 is 2.43 bits per heavy atom. The number of hydrogen-bond acceptors (Lipinski definition) is 4. The molecule has 3 aromatic rings. The second-order valence-electron chi connectivity index (χ2n) is 7.56. The first-order chi connectivity index (χ1) is 14.6. The fourth-order valence-corrected chi connectivity index (χ4v) is 4.04. The molecular weight excluding hydrogens is 378 g/mol. The van der Waals surface area contributed by atoms with Crippen LogP contribution in [0.1, 0.15) is 46.6 Å². The van der Waals surface area contributed by atoms with Crippen molar-refractivity contribution in [2.24, 2.45) is 0 Å². The molecule has 1 aliphatic rings. The maximum atomic E-state index is 13.3. The third-order valence-electron chi connectivity index (χ3n) is 5.62. The predicted molar refractivity (Wildman–Crippen MR) is 117 cm³/mol. The summed E-state index contributed by atoms with van der Waals surface area (Å²) < 4.78 is 12.7. The lowest BCUT2D eigenvalue weighted by Crippen LogP contribution is -2.16. The Kier molecular flexibility index (Phi) is 5.74. The van der Waals surface area contributed by atoms with Crippen LogP contribution in [0.15, 0.2) is 42.5 Å². The van der Waals surface area contributed by atoms with Crippen LogP contribution in [0.4, 0.5) is 5.69 Å². The van der Waals surface area contributed by atoms with Gasteiger partial charge in [0.25, 0.3) is 5.91 Å². The second-order valence-corrected chi connectivity index (χ2v) is 7.56. The lowest BCUT2D eigenvalue weighted by molar-refractivity contribution is 0.102. The third kappa shape index (κ3) is 3.77. The minimum absolute atomic E-state index is 0.196. The Labute approximate surface area is 176 Å². The minimum atomic E-state index is -0.196. The molecule has 1 aromatic heterocycles. The molecule has 156 valence electrons. The van der Waals surface area contributed by atoms with E-state index >= 15 is 0 Å². The largest absolute Gasteiger partial charge is 0.493 e. The standard InChI is InChI=1S/C24H27N3O3/c1-16-14-21(29-2)22(30-3)15-19(16)25-24(28)23-18-12-8-5-9-13-20(18)27(26-23)17-10-6-4-7-11-17/h4,6-7,10-11,14-15H,5,8-9,12-13H2,1-3H3,(H,25,28). The molecule has 0 radical (unpaired) electrons. The molecule has 1 amide bonds. The van der Waals surface area contributed by atoms with Gasteiger partial charge in [0, 0.05) is 23.0 Å². The molecule has 0 saturated carbocycles. The van der Waals surface area contributed by atoms with Gasteiger partial charge in [-0.15, -0.1) is 0 Å². The van der Waals surface area contributed by atoms with Crippen molar-refractivity contribution in [1.82, 2.24) is 9.78 Å². The van der Waals surface area contributed by atoms with E-state index in [1.165, 1.54) is 6.42 Å². The molecule has 0 saturated heterocycles. The van der Waals surface area contributed by atoms with Gasteiger partial charge in [-0.1, -0.05) is 24.6 Å². The number of para-hydroxylation sites is 1. The molecule has 6 heteroatoms. The lowest BCUT2D eigenvalue weighted by Gasteiger charge is -2.13. The number of fused-ring (bicyclic) bond motifs is 1. The van der Waals surface area contributed by atoms with E-state index in [1.807, 2.05) is 48.0 Å². The van der Waals surface area contributed by atoms with E-state index in [4.69, 9.17) is 14.6 Å². The number of ether oxygens (including phenoxy) is 2. The number of hydrogen-bond donors (Lipinski definition) is 1. The highest BCUT2D eigenvalue weighted by molar-refractivity contribution is 6.04. The van der Waals surface area contributed by atoms with Crippen LogP contribution >= 0.6 is 0 Å².